The molecule has 0 radical (unpaired) electrons. The average molecular weight is 1760 g/mol. The van der Waals surface area contributed by atoms with Gasteiger partial charge >= 0.3 is 17.9 Å². The van der Waals surface area contributed by atoms with Crippen molar-refractivity contribution in [1.29, 1.82) is 0 Å². The second kappa shape index (κ2) is 58.8. The molecular weight excluding hydrogens is 1620 g/mol. The Hall–Kier alpha value is -7.38. The lowest BCUT2D eigenvalue weighted by Crippen LogP contribution is -2.58. The molecule has 0 aliphatic carbocycles. The van der Waals surface area contributed by atoms with Crippen molar-refractivity contribution in [3.8, 4) is 0 Å². The highest BCUT2D eigenvalue weighted by molar-refractivity contribution is 5.83. The lowest BCUT2D eigenvalue weighted by molar-refractivity contribution is -0.255. The van der Waals surface area contributed by atoms with Crippen molar-refractivity contribution < 1.29 is 141 Å². The zero-order valence-corrected chi connectivity index (χ0v) is 74.2. The molecule has 5 amide bonds. The van der Waals surface area contributed by atoms with E-state index in [-0.39, 0.29) is 218 Å². The summed E-state index contributed by atoms with van der Waals surface area (Å²) in [6.07, 6.45) is 2.73. The molecule has 7 unspecified atom stereocenters. The molecule has 3 aliphatic heterocycles. The van der Waals surface area contributed by atoms with Gasteiger partial charge in [-0.1, -0.05) is 61.3 Å². The molecule has 3 saturated heterocycles. The van der Waals surface area contributed by atoms with Crippen molar-refractivity contribution in [1.82, 2.24) is 26.6 Å². The van der Waals surface area contributed by atoms with E-state index in [1.54, 1.807) is 0 Å². The Balaban J connectivity index is 1.33. The van der Waals surface area contributed by atoms with Crippen LogP contribution in [0.2, 0.25) is 0 Å². The third-order valence-electron chi connectivity index (χ3n) is 23.0. The van der Waals surface area contributed by atoms with E-state index in [0.29, 0.717) is 116 Å². The van der Waals surface area contributed by atoms with Crippen molar-refractivity contribution in [3.05, 3.63) is 34.6 Å². The van der Waals surface area contributed by atoms with Crippen LogP contribution in [-0.2, 0) is 126 Å². The molecule has 5 N–H and O–H groups in total. The van der Waals surface area contributed by atoms with Crippen LogP contribution < -0.4 is 26.6 Å². The first-order chi connectivity index (χ1) is 58.4. The van der Waals surface area contributed by atoms with Gasteiger partial charge in [-0.15, -0.1) is 0 Å². The van der Waals surface area contributed by atoms with Gasteiger partial charge in [0.05, 0.1) is 70.0 Å². The summed E-state index contributed by atoms with van der Waals surface area (Å²) in [7, 11) is 0. The van der Waals surface area contributed by atoms with Crippen LogP contribution in [0.5, 0.6) is 0 Å². The van der Waals surface area contributed by atoms with Crippen LogP contribution in [0.3, 0.4) is 0 Å². The molecule has 123 heavy (non-hydrogen) atoms. The summed E-state index contributed by atoms with van der Waals surface area (Å²) < 4.78 is 142. The van der Waals surface area contributed by atoms with Gasteiger partial charge in [0, 0.05) is 162 Å². The van der Waals surface area contributed by atoms with Gasteiger partial charge in [0.1, 0.15) is 54.3 Å². The molecular formula is C88H138F5N5O25. The van der Waals surface area contributed by atoms with Crippen LogP contribution in [0.4, 0.5) is 22.0 Å². The molecule has 700 valence electrons. The number of benzene rings is 1. The van der Waals surface area contributed by atoms with Crippen molar-refractivity contribution in [2.45, 2.75) is 311 Å². The lowest BCUT2D eigenvalue weighted by atomic mass is 9.79. The third kappa shape index (κ3) is 41.7. The zero-order valence-electron chi connectivity index (χ0n) is 74.2. The zero-order chi connectivity index (χ0) is 91.1. The Morgan fingerprint density at radius 1 is 0.325 bits per heavy atom. The summed E-state index contributed by atoms with van der Waals surface area (Å²) in [5, 5.41) is 14.2. The fourth-order valence-corrected chi connectivity index (χ4v) is 14.8. The third-order valence-corrected chi connectivity index (χ3v) is 23.0. The molecule has 0 bridgehead atoms. The minimum atomic E-state index is -2.39. The quantitative estimate of drug-likeness (QED) is 0.0101. The molecule has 1 aromatic carbocycles. The number of ketones is 5. The topological polar surface area (TPSA) is 393 Å². The number of halogens is 5. The molecule has 0 saturated carbocycles. The summed E-state index contributed by atoms with van der Waals surface area (Å²) in [6.45, 7) is 20.6. The monoisotopic (exact) mass is 1760 g/mol. The predicted molar refractivity (Wildman–Crippen MR) is 437 cm³/mol. The first kappa shape index (κ1) is 108. The highest BCUT2D eigenvalue weighted by Crippen LogP contribution is 2.37. The number of esters is 3. The van der Waals surface area contributed by atoms with Gasteiger partial charge in [-0.25, -0.2) is 22.0 Å². The first-order valence-corrected chi connectivity index (χ1v) is 43.9. The Morgan fingerprint density at radius 2 is 0.650 bits per heavy atom. The summed E-state index contributed by atoms with van der Waals surface area (Å²) in [6, 6.07) is -0.905. The summed E-state index contributed by atoms with van der Waals surface area (Å²) in [5.74, 6) is -15.2. The van der Waals surface area contributed by atoms with Crippen molar-refractivity contribution in [2.24, 2.45) is 41.4 Å². The molecule has 0 aromatic heterocycles. The Labute approximate surface area is 720 Å². The van der Waals surface area contributed by atoms with E-state index in [9.17, 15) is 84.3 Å². The van der Waals surface area contributed by atoms with Gasteiger partial charge < -0.3 is 83.4 Å². The number of carbonyl (C=O) groups is 13. The van der Waals surface area contributed by atoms with Gasteiger partial charge in [-0.2, -0.15) is 0 Å². The molecule has 0 spiro atoms. The smallest absolute Gasteiger partial charge is 0.302 e. The van der Waals surface area contributed by atoms with Crippen molar-refractivity contribution in [3.63, 3.8) is 0 Å². The van der Waals surface area contributed by atoms with Gasteiger partial charge in [0.25, 0.3) is 0 Å². The largest absolute Gasteiger partial charge is 0.463 e. The molecule has 4 rings (SSSR count). The molecule has 35 heteroatoms. The lowest BCUT2D eigenvalue weighted by Gasteiger charge is -2.44. The number of hydrogen-bond acceptors (Lipinski definition) is 25. The van der Waals surface area contributed by atoms with Gasteiger partial charge in [0.15, 0.2) is 42.1 Å². The number of ether oxygens (including phenoxy) is 12. The fourth-order valence-electron chi connectivity index (χ4n) is 14.8. The van der Waals surface area contributed by atoms with Gasteiger partial charge in [-0.3, -0.25) is 62.3 Å². The van der Waals surface area contributed by atoms with Crippen LogP contribution >= 0.6 is 0 Å². The minimum Gasteiger partial charge on any atom is -0.463 e. The average Bonchev–Trinajstić information content (AvgIpc) is 0.807. The molecule has 1 aromatic rings. The summed E-state index contributed by atoms with van der Waals surface area (Å²) in [5.41, 5.74) is -2.95. The first-order valence-electron chi connectivity index (χ1n) is 43.9. The van der Waals surface area contributed by atoms with E-state index in [4.69, 9.17) is 56.8 Å². The second-order valence-corrected chi connectivity index (χ2v) is 33.2. The second-order valence-electron chi connectivity index (χ2n) is 33.2. The van der Waals surface area contributed by atoms with E-state index in [1.165, 1.54) is 34.6 Å². The van der Waals surface area contributed by atoms with Crippen LogP contribution in [0.15, 0.2) is 0 Å². The SMILES string of the molecule is CC(=O)NC1[C@H](OCCCCC(=O)CCCCCC(=O)CCOCC(COCCC(=O)CCCCCC(=O)CCCCO[C@@H]2OC(COC(C)=O)[C@H](C)[C@H](C)C2C)(COCCC(=O)NCCCNC(=O)CCCCO[C@@H]2OC(COC(C)=O)[C@H](C)[C@H](C)C2NC(C)=O)NC(=O)CCCC(=O)Cc2c(F)c(F)c(F)c(F)c2F)OC(COC(C)=O)[C@H](C)[C@@H]1C. The normalized spacial score (nSPS) is 23.0. The highest BCUT2D eigenvalue weighted by Gasteiger charge is 2.46. The fraction of sp³-hybridized carbons (Fsp3) is 0.784. The molecule has 16 atom stereocenters. The maximum absolute atomic E-state index is 14.6. The van der Waals surface area contributed by atoms with E-state index in [0.717, 1.165) is 0 Å². The van der Waals surface area contributed by atoms with Crippen LogP contribution in [0.25, 0.3) is 0 Å². The predicted octanol–water partition coefficient (Wildman–Crippen LogP) is 10.4. The van der Waals surface area contributed by atoms with Gasteiger partial charge in [0.2, 0.25) is 35.4 Å². The number of rotatable bonds is 64. The van der Waals surface area contributed by atoms with Crippen LogP contribution in [0.1, 0.15) is 256 Å². The minimum absolute atomic E-state index is 0.0265. The Kier molecular flexibility index (Phi) is 51.6. The van der Waals surface area contributed by atoms with E-state index in [2.05, 4.69) is 47.4 Å². The maximum Gasteiger partial charge on any atom is 0.302 e. The van der Waals surface area contributed by atoms with E-state index < -0.39 is 139 Å². The van der Waals surface area contributed by atoms with Gasteiger partial charge in [-0.05, 0) is 113 Å². The summed E-state index contributed by atoms with van der Waals surface area (Å²) >= 11 is 0. The summed E-state index contributed by atoms with van der Waals surface area (Å²) in [4.78, 5) is 164. The Morgan fingerprint density at radius 3 is 1.05 bits per heavy atom. The van der Waals surface area contributed by atoms with E-state index >= 15 is 0 Å². The number of carbonyl (C=O) groups excluding carboxylic acids is 13. The van der Waals surface area contributed by atoms with E-state index in [1.807, 2.05) is 27.7 Å². The molecule has 3 fully saturated rings. The number of hydrogen-bond donors (Lipinski definition) is 5. The van der Waals surface area contributed by atoms with Crippen LogP contribution in [-0.4, -0.2) is 224 Å². The molecule has 3 heterocycles. The maximum atomic E-state index is 14.6. The number of amides is 5. The standard InChI is InChI=1S/C88H138F5N5O25/c1-54-55(2)72(48-118-63(10)101)121-85(60(54)7)115-41-22-19-31-66(104)27-15-13-17-29-68(106)36-44-112-51-88(98-77(111)35-25-33-70(108)47-71-78(89)80(91)82(93)81(92)79(71)90,52-113-45-37-69(107)30-18-14-16-28-67(105)32-20-23-42-116-86-83(96-61(8)99)58(5)56(3)73(122-86)49-119-64(11)102)53-114-46-38-76(110)95-40-26-39-94-75(109)34-21-24-43-117-87-84(97-62(9)100)59(6)57(4)74(123-87)50-120-65(12)103/h54-60,72-74,83-87H,13-53H2,1-12H3,(H,94,109)(H,95,110)(H,96,99)(H,97,100)(H,98,111)/t54-,55+,56+,57+,58-,59-,60?,72?,73?,74?,83?,84?,85+,86+,87+,88?/m0/s1. The number of Topliss-reactive ketones (excluding diaryl/α,β-unsaturated/α-hetero) is 5. The molecule has 3 aliphatic rings. The van der Waals surface area contributed by atoms with Crippen molar-refractivity contribution in [2.75, 3.05) is 92.4 Å². The highest BCUT2D eigenvalue weighted by atomic mass is 19.2. The number of unbranched alkanes of at least 4 members (excludes halogenated alkanes) is 7. The number of nitrogens with one attached hydrogen (secondary N) is 5. The Bertz CT molecular complexity index is 3360. The molecule has 30 nitrogen and oxygen atoms in total. The van der Waals surface area contributed by atoms with Crippen molar-refractivity contribution >= 4 is 76.4 Å². The van der Waals surface area contributed by atoms with Crippen LogP contribution in [0, 0.1) is 70.5 Å².